The molecule has 1 rings (SSSR count). The summed E-state index contributed by atoms with van der Waals surface area (Å²) in [7, 11) is 0. The van der Waals surface area contributed by atoms with Crippen molar-refractivity contribution in [2.24, 2.45) is 0 Å². The second-order valence-electron chi connectivity index (χ2n) is 4.86. The number of thiol groups is 1. The molecule has 0 aromatic carbocycles. The average molecular weight is 246 g/mol. The van der Waals surface area contributed by atoms with Crippen LogP contribution in [0.15, 0.2) is 0 Å². The second-order valence-corrected chi connectivity index (χ2v) is 5.31. The van der Waals surface area contributed by atoms with Gasteiger partial charge in [-0.15, -0.1) is 0 Å². The van der Waals surface area contributed by atoms with Gasteiger partial charge in [-0.2, -0.15) is 12.6 Å². The van der Waals surface area contributed by atoms with Gasteiger partial charge >= 0.3 is 0 Å². The molecule has 0 saturated carbocycles. The Labute approximate surface area is 105 Å². The van der Waals surface area contributed by atoms with Crippen molar-refractivity contribution < 1.29 is 9.47 Å². The van der Waals surface area contributed by atoms with Gasteiger partial charge in [0.15, 0.2) is 0 Å². The molecule has 2 atom stereocenters. The summed E-state index contributed by atoms with van der Waals surface area (Å²) >= 11 is 4.20. The van der Waals surface area contributed by atoms with E-state index in [0.717, 1.165) is 25.2 Å². The zero-order chi connectivity index (χ0) is 11.8. The highest BCUT2D eigenvalue weighted by molar-refractivity contribution is 7.80. The van der Waals surface area contributed by atoms with Gasteiger partial charge in [0, 0.05) is 6.61 Å². The van der Waals surface area contributed by atoms with Crippen LogP contribution in [-0.2, 0) is 9.47 Å². The van der Waals surface area contributed by atoms with E-state index >= 15 is 0 Å². The van der Waals surface area contributed by atoms with Crippen LogP contribution in [0.2, 0.25) is 0 Å². The minimum Gasteiger partial charge on any atom is -0.378 e. The Bertz CT molecular complexity index is 165. The Morgan fingerprint density at radius 3 is 2.31 bits per heavy atom. The molecule has 2 nitrogen and oxygen atoms in total. The summed E-state index contributed by atoms with van der Waals surface area (Å²) in [5.41, 5.74) is 0. The maximum absolute atomic E-state index is 5.90. The van der Waals surface area contributed by atoms with Crippen LogP contribution in [0.3, 0.4) is 0 Å². The van der Waals surface area contributed by atoms with Crippen LogP contribution in [0.25, 0.3) is 0 Å². The van der Waals surface area contributed by atoms with Crippen molar-refractivity contribution in [3.05, 3.63) is 0 Å². The fourth-order valence-electron chi connectivity index (χ4n) is 2.30. The van der Waals surface area contributed by atoms with Gasteiger partial charge in [0.1, 0.15) is 0 Å². The normalized spacial score (nSPS) is 30.6. The lowest BCUT2D eigenvalue weighted by atomic mass is 10.0. The van der Waals surface area contributed by atoms with Gasteiger partial charge in [-0.25, -0.2) is 0 Å². The molecule has 2 unspecified atom stereocenters. The standard InChI is InChI=1S/C13H26O2S/c1-11-9-13(10-12(2)15-11)14-7-5-3-4-6-8-16/h11-13,16H,3-10H2,1-2H3. The zero-order valence-electron chi connectivity index (χ0n) is 10.7. The summed E-state index contributed by atoms with van der Waals surface area (Å²) in [6, 6.07) is 0. The average Bonchev–Trinajstić information content (AvgIpc) is 2.22. The number of ether oxygens (including phenoxy) is 2. The molecule has 0 aromatic heterocycles. The zero-order valence-corrected chi connectivity index (χ0v) is 11.5. The number of hydrogen-bond donors (Lipinski definition) is 1. The summed E-state index contributed by atoms with van der Waals surface area (Å²) < 4.78 is 11.6. The highest BCUT2D eigenvalue weighted by atomic mass is 32.1. The van der Waals surface area contributed by atoms with Crippen LogP contribution in [0, 0.1) is 0 Å². The molecule has 96 valence electrons. The molecule has 0 aromatic rings. The van der Waals surface area contributed by atoms with Gasteiger partial charge in [0.05, 0.1) is 18.3 Å². The molecule has 0 amide bonds. The summed E-state index contributed by atoms with van der Waals surface area (Å²) in [6.07, 6.45) is 8.23. The van der Waals surface area contributed by atoms with E-state index in [4.69, 9.17) is 9.47 Å². The van der Waals surface area contributed by atoms with Gasteiger partial charge in [-0.05, 0) is 45.3 Å². The van der Waals surface area contributed by atoms with Crippen LogP contribution < -0.4 is 0 Å². The van der Waals surface area contributed by atoms with E-state index in [0.29, 0.717) is 18.3 Å². The second kappa shape index (κ2) is 8.37. The summed E-state index contributed by atoms with van der Waals surface area (Å²) in [6.45, 7) is 5.19. The Hall–Kier alpha value is 0.270. The highest BCUT2D eigenvalue weighted by Gasteiger charge is 2.24. The lowest BCUT2D eigenvalue weighted by Crippen LogP contribution is -2.34. The van der Waals surface area contributed by atoms with Gasteiger partial charge in [0.25, 0.3) is 0 Å². The van der Waals surface area contributed by atoms with E-state index < -0.39 is 0 Å². The third-order valence-electron chi connectivity index (χ3n) is 3.06. The fourth-order valence-corrected chi connectivity index (χ4v) is 2.52. The molecule has 3 heteroatoms. The maximum Gasteiger partial charge on any atom is 0.0624 e. The highest BCUT2D eigenvalue weighted by Crippen LogP contribution is 2.21. The molecular weight excluding hydrogens is 220 g/mol. The van der Waals surface area contributed by atoms with E-state index in [1.165, 1.54) is 25.7 Å². The molecule has 1 aliphatic heterocycles. The number of rotatable bonds is 7. The minimum atomic E-state index is 0.359. The van der Waals surface area contributed by atoms with Gasteiger partial charge in [-0.1, -0.05) is 12.8 Å². The molecule has 1 saturated heterocycles. The first-order chi connectivity index (χ1) is 7.72. The monoisotopic (exact) mass is 246 g/mol. The van der Waals surface area contributed by atoms with E-state index in [1.807, 2.05) is 0 Å². The molecule has 16 heavy (non-hydrogen) atoms. The maximum atomic E-state index is 5.90. The van der Waals surface area contributed by atoms with Crippen LogP contribution in [0.5, 0.6) is 0 Å². The molecule has 1 fully saturated rings. The first kappa shape index (κ1) is 14.3. The van der Waals surface area contributed by atoms with E-state index in [-0.39, 0.29) is 0 Å². The Morgan fingerprint density at radius 1 is 1.06 bits per heavy atom. The van der Waals surface area contributed by atoms with Crippen molar-refractivity contribution in [3.8, 4) is 0 Å². The first-order valence-electron chi connectivity index (χ1n) is 6.60. The van der Waals surface area contributed by atoms with E-state index in [2.05, 4.69) is 26.5 Å². The topological polar surface area (TPSA) is 18.5 Å². The Morgan fingerprint density at radius 2 is 1.69 bits per heavy atom. The Kier molecular flexibility index (Phi) is 7.50. The largest absolute Gasteiger partial charge is 0.378 e. The fraction of sp³-hybridized carbons (Fsp3) is 1.00. The molecule has 0 radical (unpaired) electrons. The van der Waals surface area contributed by atoms with Crippen molar-refractivity contribution >= 4 is 12.6 Å². The van der Waals surface area contributed by atoms with Gasteiger partial charge in [0.2, 0.25) is 0 Å². The summed E-state index contributed by atoms with van der Waals surface area (Å²) in [5.74, 6) is 1.01. The van der Waals surface area contributed by atoms with Gasteiger partial charge < -0.3 is 9.47 Å². The smallest absolute Gasteiger partial charge is 0.0624 e. The minimum absolute atomic E-state index is 0.359. The Balaban J connectivity index is 1.99. The van der Waals surface area contributed by atoms with E-state index in [9.17, 15) is 0 Å². The van der Waals surface area contributed by atoms with Crippen molar-refractivity contribution in [1.29, 1.82) is 0 Å². The summed E-state index contributed by atoms with van der Waals surface area (Å²) in [4.78, 5) is 0. The predicted molar refractivity (Wildman–Crippen MR) is 71.3 cm³/mol. The first-order valence-corrected chi connectivity index (χ1v) is 7.23. The quantitative estimate of drug-likeness (QED) is 0.548. The molecular formula is C13H26O2S. The third kappa shape index (κ3) is 6.12. The predicted octanol–water partition coefficient (Wildman–Crippen LogP) is 3.45. The molecule has 0 bridgehead atoms. The SMILES string of the molecule is CC1CC(OCCCCCCS)CC(C)O1. The van der Waals surface area contributed by atoms with Crippen molar-refractivity contribution in [3.63, 3.8) is 0 Å². The molecule has 0 spiro atoms. The van der Waals surface area contributed by atoms with Crippen molar-refractivity contribution in [2.45, 2.75) is 70.7 Å². The molecule has 1 heterocycles. The van der Waals surface area contributed by atoms with Crippen LogP contribution in [-0.4, -0.2) is 30.7 Å². The van der Waals surface area contributed by atoms with Crippen molar-refractivity contribution in [1.82, 2.24) is 0 Å². The van der Waals surface area contributed by atoms with Crippen LogP contribution in [0.4, 0.5) is 0 Å². The molecule has 1 aliphatic rings. The van der Waals surface area contributed by atoms with Crippen molar-refractivity contribution in [2.75, 3.05) is 12.4 Å². The summed E-state index contributed by atoms with van der Waals surface area (Å²) in [5, 5.41) is 0. The van der Waals surface area contributed by atoms with Crippen LogP contribution in [0.1, 0.15) is 52.4 Å². The number of hydrogen-bond acceptors (Lipinski definition) is 3. The lowest BCUT2D eigenvalue weighted by molar-refractivity contribution is -0.102. The molecule has 0 aliphatic carbocycles. The van der Waals surface area contributed by atoms with Crippen LogP contribution >= 0.6 is 12.6 Å². The van der Waals surface area contributed by atoms with Gasteiger partial charge in [-0.3, -0.25) is 0 Å². The third-order valence-corrected chi connectivity index (χ3v) is 3.38. The lowest BCUT2D eigenvalue weighted by Gasteiger charge is -2.32. The number of unbranched alkanes of at least 4 members (excludes halogenated alkanes) is 3. The molecule has 0 N–H and O–H groups in total. The van der Waals surface area contributed by atoms with E-state index in [1.54, 1.807) is 0 Å².